The lowest BCUT2D eigenvalue weighted by molar-refractivity contribution is -0.120. The van der Waals surface area contributed by atoms with Gasteiger partial charge in [0, 0.05) is 29.1 Å². The first-order valence-corrected chi connectivity index (χ1v) is 10.6. The van der Waals surface area contributed by atoms with Gasteiger partial charge in [0.25, 0.3) is 15.6 Å². The Kier molecular flexibility index (Phi) is 4.52. The second-order valence-electron chi connectivity index (χ2n) is 6.19. The molecule has 0 saturated carbocycles. The van der Waals surface area contributed by atoms with Gasteiger partial charge in [0.1, 0.15) is 10.0 Å². The number of nitrogens with one attached hydrogen (secondary N) is 3. The number of rotatable bonds is 4. The number of anilines is 1. The lowest BCUT2D eigenvalue weighted by Crippen LogP contribution is -2.20. The molecule has 10 heteroatoms. The first kappa shape index (κ1) is 18.4. The van der Waals surface area contributed by atoms with Crippen LogP contribution in [0.15, 0.2) is 51.7 Å². The van der Waals surface area contributed by atoms with E-state index in [0.717, 1.165) is 23.0 Å². The van der Waals surface area contributed by atoms with E-state index >= 15 is 0 Å². The van der Waals surface area contributed by atoms with Crippen molar-refractivity contribution >= 4 is 49.3 Å². The maximum atomic E-state index is 14.3. The number of aromatic amines is 1. The molecule has 0 bridgehead atoms. The number of carbonyl (C=O) groups is 1. The fraction of sp³-hybridized carbons (Fsp3) is 0.111. The fourth-order valence-corrected chi connectivity index (χ4v) is 5.28. The van der Waals surface area contributed by atoms with Gasteiger partial charge in [-0.3, -0.25) is 14.3 Å². The Morgan fingerprint density at radius 2 is 1.93 bits per heavy atom. The summed E-state index contributed by atoms with van der Waals surface area (Å²) in [6, 6.07) is 6.88. The van der Waals surface area contributed by atoms with Gasteiger partial charge in [-0.1, -0.05) is 0 Å². The number of allylic oxidation sites excluding steroid dienone is 1. The summed E-state index contributed by atoms with van der Waals surface area (Å²) in [7, 11) is -4.04. The van der Waals surface area contributed by atoms with Crippen LogP contribution in [0.1, 0.15) is 17.7 Å². The van der Waals surface area contributed by atoms with Crippen LogP contribution in [-0.4, -0.2) is 19.3 Å². The van der Waals surface area contributed by atoms with Crippen LogP contribution in [0.5, 0.6) is 0 Å². The Labute approximate surface area is 163 Å². The largest absolute Gasteiger partial charge is 0.332 e. The molecule has 1 aliphatic heterocycles. The van der Waals surface area contributed by atoms with Crippen LogP contribution in [0, 0.1) is 5.82 Å². The zero-order valence-corrected chi connectivity index (χ0v) is 15.9. The molecule has 2 aromatic heterocycles. The highest BCUT2D eigenvalue weighted by molar-refractivity contribution is 7.94. The van der Waals surface area contributed by atoms with E-state index in [1.165, 1.54) is 24.4 Å². The summed E-state index contributed by atoms with van der Waals surface area (Å²) in [6.07, 6.45) is 3.81. The molecular weight excluding hydrogens is 405 g/mol. The van der Waals surface area contributed by atoms with E-state index in [2.05, 4.69) is 15.0 Å². The molecule has 3 N–H and O–H groups in total. The molecule has 3 aromatic rings. The predicted molar refractivity (Wildman–Crippen MR) is 105 cm³/mol. The number of hydrogen-bond acceptors (Lipinski definition) is 5. The van der Waals surface area contributed by atoms with Gasteiger partial charge in [-0.05, 0) is 47.7 Å². The molecule has 144 valence electrons. The lowest BCUT2D eigenvalue weighted by atomic mass is 10.1. The molecule has 0 atom stereocenters. The minimum Gasteiger partial charge on any atom is -0.332 e. The van der Waals surface area contributed by atoms with Crippen molar-refractivity contribution in [3.8, 4) is 0 Å². The van der Waals surface area contributed by atoms with Crippen molar-refractivity contribution in [3.05, 3.63) is 63.8 Å². The highest BCUT2D eigenvalue weighted by atomic mass is 32.2. The van der Waals surface area contributed by atoms with Crippen LogP contribution in [0.2, 0.25) is 0 Å². The van der Waals surface area contributed by atoms with E-state index in [9.17, 15) is 22.4 Å². The van der Waals surface area contributed by atoms with Crippen LogP contribution in [0.25, 0.3) is 16.3 Å². The van der Waals surface area contributed by atoms with Crippen molar-refractivity contribution in [3.63, 3.8) is 0 Å². The molecule has 0 saturated heterocycles. The maximum Gasteiger partial charge on any atom is 0.271 e. The van der Waals surface area contributed by atoms with Gasteiger partial charge in [-0.15, -0.1) is 11.3 Å². The molecule has 1 amide bonds. The van der Waals surface area contributed by atoms with Crippen LogP contribution >= 0.6 is 11.3 Å². The number of hydrogen-bond donors (Lipinski definition) is 3. The van der Waals surface area contributed by atoms with Crippen molar-refractivity contribution in [1.82, 2.24) is 10.3 Å². The topological polar surface area (TPSA) is 108 Å². The zero-order chi connectivity index (χ0) is 19.9. The molecule has 0 unspecified atom stereocenters. The number of halogens is 1. The SMILES string of the molecule is O=C1CCC(c2ccc(S(=O)(=O)Nc3cc4c(=O)[nH]ccc4cc3F)s2)=CN1. The minimum absolute atomic E-state index is 0.00164. The van der Waals surface area contributed by atoms with Gasteiger partial charge in [0.15, 0.2) is 0 Å². The van der Waals surface area contributed by atoms with Crippen molar-refractivity contribution in [2.45, 2.75) is 17.1 Å². The van der Waals surface area contributed by atoms with E-state index < -0.39 is 21.4 Å². The van der Waals surface area contributed by atoms with Crippen LogP contribution in [0.3, 0.4) is 0 Å². The summed E-state index contributed by atoms with van der Waals surface area (Å²) in [5.74, 6) is -0.868. The number of carbonyl (C=O) groups excluding carboxylic acids is 1. The Balaban J connectivity index is 1.66. The average Bonchev–Trinajstić information content (AvgIpc) is 3.15. The van der Waals surface area contributed by atoms with Gasteiger partial charge >= 0.3 is 0 Å². The van der Waals surface area contributed by atoms with Crippen molar-refractivity contribution in [1.29, 1.82) is 0 Å². The third-order valence-corrected chi connectivity index (χ3v) is 7.32. The van der Waals surface area contributed by atoms with Gasteiger partial charge in [0.2, 0.25) is 5.91 Å². The molecule has 7 nitrogen and oxygen atoms in total. The van der Waals surface area contributed by atoms with Gasteiger partial charge < -0.3 is 10.3 Å². The van der Waals surface area contributed by atoms with Crippen LogP contribution in [-0.2, 0) is 14.8 Å². The number of fused-ring (bicyclic) bond motifs is 1. The number of amides is 1. The monoisotopic (exact) mass is 419 g/mol. The number of thiophene rings is 1. The summed E-state index contributed by atoms with van der Waals surface area (Å²) < 4.78 is 41.9. The molecular formula is C18H14FN3O4S2. The molecule has 0 radical (unpaired) electrons. The average molecular weight is 419 g/mol. The van der Waals surface area contributed by atoms with Gasteiger partial charge in [0.05, 0.1) is 5.69 Å². The first-order valence-electron chi connectivity index (χ1n) is 8.26. The molecule has 0 fully saturated rings. The van der Waals surface area contributed by atoms with E-state index in [0.29, 0.717) is 23.1 Å². The predicted octanol–water partition coefficient (Wildman–Crippen LogP) is 2.78. The van der Waals surface area contributed by atoms with Crippen molar-refractivity contribution in [2.24, 2.45) is 0 Å². The lowest BCUT2D eigenvalue weighted by Gasteiger charge is -2.11. The molecule has 3 heterocycles. The third kappa shape index (κ3) is 3.43. The number of sulfonamides is 1. The van der Waals surface area contributed by atoms with Crippen LogP contribution in [0.4, 0.5) is 10.1 Å². The first-order chi connectivity index (χ1) is 13.3. The number of benzene rings is 1. The summed E-state index contributed by atoms with van der Waals surface area (Å²) in [5, 5.41) is 3.15. The van der Waals surface area contributed by atoms with Crippen LogP contribution < -0.4 is 15.6 Å². The van der Waals surface area contributed by atoms with E-state index in [1.54, 1.807) is 12.3 Å². The van der Waals surface area contributed by atoms with Gasteiger partial charge in [-0.25, -0.2) is 12.8 Å². The summed E-state index contributed by atoms with van der Waals surface area (Å²) in [5.41, 5.74) is 0.0837. The Morgan fingerprint density at radius 1 is 1.11 bits per heavy atom. The minimum atomic E-state index is -4.04. The van der Waals surface area contributed by atoms with Crippen molar-refractivity contribution in [2.75, 3.05) is 4.72 Å². The highest BCUT2D eigenvalue weighted by Crippen LogP contribution is 2.32. The third-order valence-electron chi connectivity index (χ3n) is 4.30. The standard InChI is InChI=1S/C18H14FN3O4S2/c19-13-7-10-5-6-20-18(24)12(10)8-14(13)22-28(25,26)17-4-2-15(27-17)11-1-3-16(23)21-9-11/h2,4-9,22H,1,3H2,(H,20,24)(H,21,23). The fourth-order valence-electron chi connectivity index (χ4n) is 2.87. The molecule has 4 rings (SSSR count). The molecule has 0 spiro atoms. The number of pyridine rings is 1. The maximum absolute atomic E-state index is 14.3. The van der Waals surface area contributed by atoms with E-state index in [-0.39, 0.29) is 21.2 Å². The zero-order valence-electron chi connectivity index (χ0n) is 14.3. The van der Waals surface area contributed by atoms with Crippen molar-refractivity contribution < 1.29 is 17.6 Å². The molecule has 28 heavy (non-hydrogen) atoms. The van der Waals surface area contributed by atoms with E-state index in [1.807, 2.05) is 0 Å². The highest BCUT2D eigenvalue weighted by Gasteiger charge is 2.21. The Bertz CT molecular complexity index is 1290. The molecule has 1 aromatic carbocycles. The van der Waals surface area contributed by atoms with Gasteiger partial charge in [-0.2, -0.15) is 0 Å². The van der Waals surface area contributed by atoms with E-state index in [4.69, 9.17) is 0 Å². The second kappa shape index (κ2) is 6.88. The Hall–Kier alpha value is -2.98. The normalized spacial score (nSPS) is 14.6. The summed E-state index contributed by atoms with van der Waals surface area (Å²) >= 11 is 1.02. The molecule has 0 aliphatic carbocycles. The summed E-state index contributed by atoms with van der Waals surface area (Å²) in [4.78, 5) is 26.3. The molecule has 1 aliphatic rings. The quantitative estimate of drug-likeness (QED) is 0.604. The Morgan fingerprint density at radius 3 is 2.68 bits per heavy atom. The second-order valence-corrected chi connectivity index (χ2v) is 9.18. The number of H-pyrrole nitrogens is 1. The summed E-state index contributed by atoms with van der Waals surface area (Å²) in [6.45, 7) is 0. The number of aromatic nitrogens is 1. The smallest absolute Gasteiger partial charge is 0.271 e.